The molecule has 1 aliphatic rings. The molecular formula is C22H24FN5. The molecule has 0 saturated carbocycles. The molecule has 144 valence electrons. The van der Waals surface area contributed by atoms with E-state index in [-0.39, 0.29) is 5.82 Å². The number of aromatic nitrogens is 2. The quantitative estimate of drug-likeness (QED) is 0.731. The SMILES string of the molecule is Cc1ccc(CNc2cc(N3CCN(c4ccc(F)cc4)CC3)ncn2)cc1. The third kappa shape index (κ3) is 4.39. The topological polar surface area (TPSA) is 44.3 Å². The van der Waals surface area contributed by atoms with Crippen molar-refractivity contribution in [3.63, 3.8) is 0 Å². The van der Waals surface area contributed by atoms with Gasteiger partial charge in [-0.15, -0.1) is 0 Å². The summed E-state index contributed by atoms with van der Waals surface area (Å²) in [5.74, 6) is 1.56. The lowest BCUT2D eigenvalue weighted by atomic mass is 10.1. The molecule has 0 bridgehead atoms. The number of hydrogen-bond donors (Lipinski definition) is 1. The Morgan fingerprint density at radius 3 is 2.29 bits per heavy atom. The van der Waals surface area contributed by atoms with E-state index in [0.717, 1.165) is 50.0 Å². The van der Waals surface area contributed by atoms with Crippen molar-refractivity contribution >= 4 is 17.3 Å². The van der Waals surface area contributed by atoms with Gasteiger partial charge < -0.3 is 15.1 Å². The number of halogens is 1. The van der Waals surface area contributed by atoms with Gasteiger partial charge in [-0.1, -0.05) is 29.8 Å². The van der Waals surface area contributed by atoms with Gasteiger partial charge in [-0.3, -0.25) is 0 Å². The molecular weight excluding hydrogens is 353 g/mol. The molecule has 3 aromatic rings. The molecule has 0 aliphatic carbocycles. The minimum absolute atomic E-state index is 0.200. The largest absolute Gasteiger partial charge is 0.368 e. The predicted molar refractivity (Wildman–Crippen MR) is 111 cm³/mol. The van der Waals surface area contributed by atoms with Crippen LogP contribution in [0.2, 0.25) is 0 Å². The summed E-state index contributed by atoms with van der Waals surface area (Å²) >= 11 is 0. The molecule has 1 fully saturated rings. The van der Waals surface area contributed by atoms with Gasteiger partial charge in [0.15, 0.2) is 0 Å². The number of rotatable bonds is 5. The third-order valence-corrected chi connectivity index (χ3v) is 5.04. The van der Waals surface area contributed by atoms with Gasteiger partial charge in [0.05, 0.1) is 0 Å². The van der Waals surface area contributed by atoms with Crippen molar-refractivity contribution < 1.29 is 4.39 Å². The van der Waals surface area contributed by atoms with Crippen LogP contribution >= 0.6 is 0 Å². The van der Waals surface area contributed by atoms with Crippen LogP contribution in [0, 0.1) is 12.7 Å². The van der Waals surface area contributed by atoms with Gasteiger partial charge in [0.1, 0.15) is 23.8 Å². The Bertz CT molecular complexity index is 903. The van der Waals surface area contributed by atoms with Crippen molar-refractivity contribution in [1.82, 2.24) is 9.97 Å². The lowest BCUT2D eigenvalue weighted by molar-refractivity contribution is 0.624. The lowest BCUT2D eigenvalue weighted by Crippen LogP contribution is -2.46. The highest BCUT2D eigenvalue weighted by Crippen LogP contribution is 2.21. The molecule has 0 spiro atoms. The van der Waals surface area contributed by atoms with Crippen LogP contribution in [0.1, 0.15) is 11.1 Å². The molecule has 2 heterocycles. The maximum absolute atomic E-state index is 13.1. The molecule has 1 saturated heterocycles. The van der Waals surface area contributed by atoms with Crippen LogP contribution in [0.25, 0.3) is 0 Å². The van der Waals surface area contributed by atoms with Gasteiger partial charge in [0, 0.05) is 44.5 Å². The van der Waals surface area contributed by atoms with E-state index in [9.17, 15) is 4.39 Å². The van der Waals surface area contributed by atoms with Crippen LogP contribution in [0.3, 0.4) is 0 Å². The van der Waals surface area contributed by atoms with Crippen molar-refractivity contribution in [2.24, 2.45) is 0 Å². The first-order chi connectivity index (χ1) is 13.7. The molecule has 1 N–H and O–H groups in total. The molecule has 1 aromatic heterocycles. The zero-order valence-electron chi connectivity index (χ0n) is 16.0. The highest BCUT2D eigenvalue weighted by atomic mass is 19.1. The Hall–Kier alpha value is -3.15. The van der Waals surface area contributed by atoms with E-state index in [2.05, 4.69) is 56.3 Å². The average Bonchev–Trinajstić information content (AvgIpc) is 2.74. The molecule has 4 rings (SSSR count). The van der Waals surface area contributed by atoms with Gasteiger partial charge >= 0.3 is 0 Å². The number of hydrogen-bond acceptors (Lipinski definition) is 5. The van der Waals surface area contributed by atoms with Gasteiger partial charge in [-0.05, 0) is 36.8 Å². The van der Waals surface area contributed by atoms with E-state index in [1.54, 1.807) is 6.33 Å². The Balaban J connectivity index is 1.35. The fourth-order valence-electron chi connectivity index (χ4n) is 3.36. The smallest absolute Gasteiger partial charge is 0.134 e. The first kappa shape index (κ1) is 18.2. The van der Waals surface area contributed by atoms with Gasteiger partial charge in [0.25, 0.3) is 0 Å². The number of benzene rings is 2. The zero-order chi connectivity index (χ0) is 19.3. The summed E-state index contributed by atoms with van der Waals surface area (Å²) in [6.07, 6.45) is 1.61. The lowest BCUT2D eigenvalue weighted by Gasteiger charge is -2.36. The van der Waals surface area contributed by atoms with Crippen molar-refractivity contribution in [2.75, 3.05) is 41.3 Å². The second-order valence-electron chi connectivity index (χ2n) is 7.05. The molecule has 0 radical (unpaired) electrons. The summed E-state index contributed by atoms with van der Waals surface area (Å²) in [6, 6.07) is 17.2. The Kier molecular flexibility index (Phi) is 5.37. The Morgan fingerprint density at radius 1 is 0.893 bits per heavy atom. The summed E-state index contributed by atoms with van der Waals surface area (Å²) < 4.78 is 13.1. The fraction of sp³-hybridized carbons (Fsp3) is 0.273. The third-order valence-electron chi connectivity index (χ3n) is 5.04. The van der Waals surface area contributed by atoms with Crippen LogP contribution in [-0.4, -0.2) is 36.1 Å². The first-order valence-corrected chi connectivity index (χ1v) is 9.54. The molecule has 0 unspecified atom stereocenters. The summed E-state index contributed by atoms with van der Waals surface area (Å²) in [5.41, 5.74) is 3.54. The molecule has 28 heavy (non-hydrogen) atoms. The summed E-state index contributed by atoms with van der Waals surface area (Å²) in [7, 11) is 0. The molecule has 2 aromatic carbocycles. The van der Waals surface area contributed by atoms with Gasteiger partial charge in [-0.2, -0.15) is 0 Å². The number of aryl methyl sites for hydroxylation is 1. The fourth-order valence-corrected chi connectivity index (χ4v) is 3.36. The van der Waals surface area contributed by atoms with Crippen LogP contribution < -0.4 is 15.1 Å². The summed E-state index contributed by atoms with van der Waals surface area (Å²) in [4.78, 5) is 13.3. The van der Waals surface area contributed by atoms with Crippen LogP contribution in [-0.2, 0) is 6.54 Å². The molecule has 0 amide bonds. The molecule has 5 nitrogen and oxygen atoms in total. The summed E-state index contributed by atoms with van der Waals surface area (Å²) in [6.45, 7) is 6.31. The van der Waals surface area contributed by atoms with Crippen molar-refractivity contribution in [3.05, 3.63) is 77.9 Å². The number of anilines is 3. The molecule has 0 atom stereocenters. The normalized spacial score (nSPS) is 14.2. The van der Waals surface area contributed by atoms with Crippen molar-refractivity contribution in [1.29, 1.82) is 0 Å². The van der Waals surface area contributed by atoms with E-state index in [1.165, 1.54) is 23.3 Å². The minimum atomic E-state index is -0.200. The summed E-state index contributed by atoms with van der Waals surface area (Å²) in [5, 5.41) is 3.38. The van der Waals surface area contributed by atoms with Crippen LogP contribution in [0.15, 0.2) is 60.9 Å². The van der Waals surface area contributed by atoms with Crippen molar-refractivity contribution in [2.45, 2.75) is 13.5 Å². The van der Waals surface area contributed by atoms with Crippen LogP contribution in [0.5, 0.6) is 0 Å². The number of piperazine rings is 1. The van der Waals surface area contributed by atoms with E-state index < -0.39 is 0 Å². The predicted octanol–water partition coefficient (Wildman–Crippen LogP) is 3.86. The maximum atomic E-state index is 13.1. The standard InChI is InChI=1S/C22H24FN5/c1-17-2-4-18(5-3-17)15-24-21-14-22(26-16-25-21)28-12-10-27(11-13-28)20-8-6-19(23)7-9-20/h2-9,14,16H,10-13,15H2,1H3,(H,24,25,26). The van der Waals surface area contributed by atoms with E-state index in [4.69, 9.17) is 0 Å². The average molecular weight is 377 g/mol. The minimum Gasteiger partial charge on any atom is -0.368 e. The second kappa shape index (κ2) is 8.25. The Morgan fingerprint density at radius 2 is 1.57 bits per heavy atom. The molecule has 1 aliphatic heterocycles. The Labute approximate surface area is 164 Å². The highest BCUT2D eigenvalue weighted by Gasteiger charge is 2.18. The zero-order valence-corrected chi connectivity index (χ0v) is 16.0. The second-order valence-corrected chi connectivity index (χ2v) is 7.05. The monoisotopic (exact) mass is 377 g/mol. The maximum Gasteiger partial charge on any atom is 0.134 e. The van der Waals surface area contributed by atoms with Gasteiger partial charge in [-0.25, -0.2) is 14.4 Å². The van der Waals surface area contributed by atoms with Crippen LogP contribution in [0.4, 0.5) is 21.7 Å². The number of nitrogens with one attached hydrogen (secondary N) is 1. The van der Waals surface area contributed by atoms with Crippen molar-refractivity contribution in [3.8, 4) is 0 Å². The van der Waals surface area contributed by atoms with E-state index in [0.29, 0.717) is 0 Å². The van der Waals surface area contributed by atoms with E-state index >= 15 is 0 Å². The van der Waals surface area contributed by atoms with Gasteiger partial charge in [0.2, 0.25) is 0 Å². The van der Waals surface area contributed by atoms with E-state index in [1.807, 2.05) is 18.2 Å². The molecule has 6 heteroatoms. The number of nitrogens with zero attached hydrogens (tertiary/aromatic N) is 4. The first-order valence-electron chi connectivity index (χ1n) is 9.54. The highest BCUT2D eigenvalue weighted by molar-refractivity contribution is 5.52.